The van der Waals surface area contributed by atoms with E-state index in [1.54, 1.807) is 0 Å². The number of thioether (sulfide) groups is 1. The van der Waals surface area contributed by atoms with Crippen molar-refractivity contribution >= 4 is 16.9 Å². The Kier molecular flexibility index (Phi) is 4.06. The maximum Gasteiger partial charge on any atom is 0.156 e. The summed E-state index contributed by atoms with van der Waals surface area (Å²) in [5, 5.41) is 4.67. The highest BCUT2D eigenvalue weighted by Gasteiger charge is 2.34. The Balaban J connectivity index is 1.84. The quantitative estimate of drug-likeness (QED) is 0.772. The Morgan fingerprint density at radius 2 is 1.94 bits per heavy atom. The SMILES string of the molecule is CC(C)(C)CNC1=NCC2(CCCCC2)CS1. The fourth-order valence-corrected chi connectivity index (χ4v) is 3.76. The van der Waals surface area contributed by atoms with Gasteiger partial charge in [-0.05, 0) is 23.7 Å². The molecule has 0 aromatic carbocycles. The van der Waals surface area contributed by atoms with Gasteiger partial charge in [0.2, 0.25) is 0 Å². The van der Waals surface area contributed by atoms with Gasteiger partial charge in [-0.2, -0.15) is 0 Å². The van der Waals surface area contributed by atoms with Crippen LogP contribution in [0.25, 0.3) is 0 Å². The summed E-state index contributed by atoms with van der Waals surface area (Å²) in [7, 11) is 0. The van der Waals surface area contributed by atoms with E-state index in [1.165, 1.54) is 43.0 Å². The fraction of sp³-hybridized carbons (Fsp3) is 0.929. The predicted molar refractivity (Wildman–Crippen MR) is 77.7 cm³/mol. The van der Waals surface area contributed by atoms with Crippen LogP contribution in [-0.2, 0) is 0 Å². The largest absolute Gasteiger partial charge is 0.364 e. The summed E-state index contributed by atoms with van der Waals surface area (Å²) in [4.78, 5) is 4.78. The predicted octanol–water partition coefficient (Wildman–Crippen LogP) is 3.68. The molecule has 1 fully saturated rings. The van der Waals surface area contributed by atoms with Gasteiger partial charge >= 0.3 is 0 Å². The van der Waals surface area contributed by atoms with Gasteiger partial charge in [0.15, 0.2) is 5.17 Å². The number of nitrogens with one attached hydrogen (secondary N) is 1. The van der Waals surface area contributed by atoms with Crippen LogP contribution in [0.1, 0.15) is 52.9 Å². The molecule has 3 heteroatoms. The molecule has 17 heavy (non-hydrogen) atoms. The van der Waals surface area contributed by atoms with Crippen LogP contribution in [0.5, 0.6) is 0 Å². The third-order valence-corrected chi connectivity index (χ3v) is 5.06. The summed E-state index contributed by atoms with van der Waals surface area (Å²) in [5.74, 6) is 1.28. The van der Waals surface area contributed by atoms with E-state index in [1.807, 2.05) is 11.8 Å². The third kappa shape index (κ3) is 3.90. The number of hydrogen-bond acceptors (Lipinski definition) is 3. The van der Waals surface area contributed by atoms with Crippen molar-refractivity contribution in [1.29, 1.82) is 0 Å². The van der Waals surface area contributed by atoms with Crippen molar-refractivity contribution in [3.05, 3.63) is 0 Å². The molecule has 98 valence electrons. The molecule has 2 rings (SSSR count). The lowest BCUT2D eigenvalue weighted by molar-refractivity contribution is 0.232. The molecular formula is C14H26N2S. The standard InChI is InChI=1S/C14H26N2S/c1-13(2,3)9-15-12-16-10-14(11-17-12)7-5-4-6-8-14/h4-11H2,1-3H3,(H,15,16). The van der Waals surface area contributed by atoms with Gasteiger partial charge in [-0.1, -0.05) is 51.8 Å². The second kappa shape index (κ2) is 5.21. The van der Waals surface area contributed by atoms with Gasteiger partial charge in [-0.15, -0.1) is 0 Å². The first-order valence-corrected chi connectivity index (χ1v) is 7.89. The van der Waals surface area contributed by atoms with Crippen LogP contribution in [0.2, 0.25) is 0 Å². The van der Waals surface area contributed by atoms with Crippen LogP contribution in [0, 0.1) is 10.8 Å². The molecule has 0 radical (unpaired) electrons. The summed E-state index contributed by atoms with van der Waals surface area (Å²) >= 11 is 1.95. The van der Waals surface area contributed by atoms with Crippen molar-refractivity contribution in [2.75, 3.05) is 18.8 Å². The average Bonchev–Trinajstić information content (AvgIpc) is 2.29. The maximum atomic E-state index is 4.78. The van der Waals surface area contributed by atoms with Crippen molar-refractivity contribution in [3.63, 3.8) is 0 Å². The molecule has 0 aromatic heterocycles. The van der Waals surface area contributed by atoms with Crippen LogP contribution in [0.15, 0.2) is 4.99 Å². The molecule has 0 aromatic rings. The Labute approximate surface area is 110 Å². The van der Waals surface area contributed by atoms with Gasteiger partial charge in [0.05, 0.1) is 0 Å². The minimum Gasteiger partial charge on any atom is -0.364 e. The molecule has 0 amide bonds. The molecule has 1 saturated carbocycles. The Hall–Kier alpha value is -0.180. The number of rotatable bonds is 1. The number of hydrogen-bond donors (Lipinski definition) is 1. The Morgan fingerprint density at radius 3 is 2.47 bits per heavy atom. The Morgan fingerprint density at radius 1 is 1.24 bits per heavy atom. The molecule has 2 nitrogen and oxygen atoms in total. The summed E-state index contributed by atoms with van der Waals surface area (Å²) < 4.78 is 0. The van der Waals surface area contributed by atoms with Crippen molar-refractivity contribution in [1.82, 2.24) is 5.32 Å². The van der Waals surface area contributed by atoms with E-state index in [4.69, 9.17) is 4.99 Å². The van der Waals surface area contributed by atoms with Crippen LogP contribution >= 0.6 is 11.8 Å². The van der Waals surface area contributed by atoms with E-state index >= 15 is 0 Å². The number of nitrogens with zero attached hydrogens (tertiary/aromatic N) is 1. The van der Waals surface area contributed by atoms with Crippen molar-refractivity contribution in [3.8, 4) is 0 Å². The highest BCUT2D eigenvalue weighted by atomic mass is 32.2. The average molecular weight is 254 g/mol. The van der Waals surface area contributed by atoms with E-state index in [9.17, 15) is 0 Å². The van der Waals surface area contributed by atoms with Crippen LogP contribution < -0.4 is 5.32 Å². The first-order chi connectivity index (χ1) is 7.99. The summed E-state index contributed by atoms with van der Waals surface area (Å²) in [6.45, 7) is 8.86. The molecule has 1 aliphatic carbocycles. The highest BCUT2D eigenvalue weighted by molar-refractivity contribution is 8.13. The van der Waals surface area contributed by atoms with Gasteiger partial charge in [0.1, 0.15) is 0 Å². The minimum atomic E-state index is 0.336. The first kappa shape index (κ1) is 13.3. The van der Waals surface area contributed by atoms with Crippen molar-refractivity contribution in [2.45, 2.75) is 52.9 Å². The molecule has 1 N–H and O–H groups in total. The molecule has 0 unspecified atom stereocenters. The smallest absolute Gasteiger partial charge is 0.156 e. The molecule has 2 aliphatic rings. The monoisotopic (exact) mass is 254 g/mol. The lowest BCUT2D eigenvalue weighted by Crippen LogP contribution is -2.38. The second-order valence-corrected chi connectivity index (χ2v) is 7.85. The van der Waals surface area contributed by atoms with E-state index in [0.29, 0.717) is 10.8 Å². The number of amidine groups is 1. The topological polar surface area (TPSA) is 24.4 Å². The molecule has 1 heterocycles. The van der Waals surface area contributed by atoms with Crippen molar-refractivity contribution in [2.24, 2.45) is 15.8 Å². The van der Waals surface area contributed by atoms with E-state index in [0.717, 1.165) is 13.1 Å². The van der Waals surface area contributed by atoms with Gasteiger partial charge in [0, 0.05) is 18.8 Å². The van der Waals surface area contributed by atoms with Gasteiger partial charge in [-0.3, -0.25) is 4.99 Å². The van der Waals surface area contributed by atoms with Crippen LogP contribution in [0.4, 0.5) is 0 Å². The molecular weight excluding hydrogens is 228 g/mol. The molecule has 1 spiro atoms. The van der Waals surface area contributed by atoms with E-state index in [-0.39, 0.29) is 0 Å². The van der Waals surface area contributed by atoms with Crippen LogP contribution in [-0.4, -0.2) is 24.0 Å². The third-order valence-electron chi connectivity index (χ3n) is 3.76. The van der Waals surface area contributed by atoms with Gasteiger partial charge in [-0.25, -0.2) is 0 Å². The number of aliphatic imine (C=N–C) groups is 1. The van der Waals surface area contributed by atoms with Gasteiger partial charge in [0.25, 0.3) is 0 Å². The second-order valence-electron chi connectivity index (χ2n) is 6.88. The Bertz CT molecular complexity index is 285. The first-order valence-electron chi connectivity index (χ1n) is 6.90. The van der Waals surface area contributed by atoms with Crippen molar-refractivity contribution < 1.29 is 0 Å². The lowest BCUT2D eigenvalue weighted by Gasteiger charge is -2.38. The molecule has 0 bridgehead atoms. The molecule has 0 atom stereocenters. The minimum absolute atomic E-state index is 0.336. The molecule has 0 saturated heterocycles. The summed E-state index contributed by atoms with van der Waals surface area (Å²) in [5.41, 5.74) is 0.888. The lowest BCUT2D eigenvalue weighted by atomic mass is 9.75. The summed E-state index contributed by atoms with van der Waals surface area (Å²) in [6.07, 6.45) is 7.07. The van der Waals surface area contributed by atoms with Crippen LogP contribution in [0.3, 0.4) is 0 Å². The maximum absolute atomic E-state index is 4.78. The zero-order chi connectivity index (χ0) is 12.4. The molecule has 1 aliphatic heterocycles. The zero-order valence-corrected chi connectivity index (χ0v) is 12.3. The van der Waals surface area contributed by atoms with E-state index in [2.05, 4.69) is 26.1 Å². The van der Waals surface area contributed by atoms with E-state index < -0.39 is 0 Å². The van der Waals surface area contributed by atoms with Gasteiger partial charge < -0.3 is 5.32 Å². The highest BCUT2D eigenvalue weighted by Crippen LogP contribution is 2.41. The normalized spacial score (nSPS) is 24.5. The summed E-state index contributed by atoms with van der Waals surface area (Å²) in [6, 6.07) is 0. The fourth-order valence-electron chi connectivity index (χ4n) is 2.60. The zero-order valence-electron chi connectivity index (χ0n) is 11.5.